The molecule has 15 nitrogen and oxygen atoms in total. The van der Waals surface area contributed by atoms with Gasteiger partial charge < -0.3 is 25.1 Å². The van der Waals surface area contributed by atoms with Crippen molar-refractivity contribution in [2.24, 2.45) is 10.2 Å². The number of anilines is 3. The maximum atomic E-state index is 14.2. The van der Waals surface area contributed by atoms with Crippen molar-refractivity contribution in [3.8, 4) is 11.5 Å². The number of hydrazone groups is 2. The molecule has 1 amide bonds. The largest absolute Gasteiger partial charge is 1.00 e. The Hall–Kier alpha value is -4.78. The molecule has 0 atom stereocenters. The monoisotopic (exact) mass is 955 g/mol. The molecule has 4 aromatic carbocycles. The summed E-state index contributed by atoms with van der Waals surface area (Å²) in [5, 5.41) is 33.6. The van der Waals surface area contributed by atoms with Crippen LogP contribution in [0.5, 0.6) is 11.5 Å². The molecular weight excluding hydrogens is 894 g/mol. The SMILES string of the molecule is CCCCCCCCCCCCCCCCCC(=N\Nc1ccc(OCC)c(S(=O)(=O)O)c1)/C(C)=N\Nc1ccc(NC(=O)c2ccccc2)cc1S(=O)(=O)c1ccc(O)c(C(=O)[O-])c1.[Na+]. The van der Waals surface area contributed by atoms with Gasteiger partial charge in [0.1, 0.15) is 16.4 Å². The summed E-state index contributed by atoms with van der Waals surface area (Å²) < 4.78 is 68.1. The first-order chi connectivity index (χ1) is 31.1. The van der Waals surface area contributed by atoms with Gasteiger partial charge in [0, 0.05) is 16.8 Å². The van der Waals surface area contributed by atoms with Crippen molar-refractivity contribution >= 4 is 60.3 Å². The second-order valence-corrected chi connectivity index (χ2v) is 19.1. The number of nitrogens with one attached hydrogen (secondary N) is 3. The molecule has 5 N–H and O–H groups in total. The zero-order valence-electron chi connectivity index (χ0n) is 38.5. The number of carbonyl (C=O) groups excluding carboxylic acids is 2. The molecule has 0 heterocycles. The summed E-state index contributed by atoms with van der Waals surface area (Å²) in [5.41, 5.74) is 6.39. The van der Waals surface area contributed by atoms with E-state index in [-0.39, 0.29) is 63.9 Å². The van der Waals surface area contributed by atoms with Crippen molar-refractivity contribution in [1.82, 2.24) is 0 Å². The molecule has 0 aliphatic heterocycles. The zero-order chi connectivity index (χ0) is 47.2. The number of amides is 1. The molecule has 66 heavy (non-hydrogen) atoms. The number of carboxylic acids is 1. The second-order valence-electron chi connectivity index (χ2n) is 15.7. The van der Waals surface area contributed by atoms with E-state index in [9.17, 15) is 41.2 Å². The van der Waals surface area contributed by atoms with Crippen molar-refractivity contribution in [1.29, 1.82) is 0 Å². The first kappa shape index (κ1) is 55.5. The quantitative estimate of drug-likeness (QED) is 0.0122. The standard InChI is InChI=1S/C48H63N5O10S2.Na/c1-4-6-7-8-9-10-11-12-13-14-15-16-17-18-22-25-41(52-51-38-27-31-44(63-5-2)46(33-38)65(60,61)62)35(3)50-53-42-29-26-37(49-47(55)36-23-20-19-21-24-36)32-45(42)64(58,59)39-28-30-43(54)40(34-39)48(56)57;/h19-21,23-24,26-34,51,53-54H,4-18,22,25H2,1-3H3,(H,49,55)(H,56,57)(H,60,61,62);/q;+1/p-1/b50-35-,52-41+;. The average molecular weight is 956 g/mol. The zero-order valence-corrected chi connectivity index (χ0v) is 42.1. The van der Waals surface area contributed by atoms with E-state index in [4.69, 9.17) is 4.74 Å². The van der Waals surface area contributed by atoms with Crippen molar-refractivity contribution in [3.05, 3.63) is 96.1 Å². The fourth-order valence-electron chi connectivity index (χ4n) is 7.06. The third kappa shape index (κ3) is 17.8. The van der Waals surface area contributed by atoms with Crippen molar-refractivity contribution in [2.75, 3.05) is 22.8 Å². The van der Waals surface area contributed by atoms with E-state index >= 15 is 0 Å². The number of carbonyl (C=O) groups is 2. The number of benzene rings is 4. The van der Waals surface area contributed by atoms with Crippen molar-refractivity contribution in [2.45, 2.75) is 138 Å². The number of phenols is 1. The normalized spacial score (nSPS) is 12.0. The Morgan fingerprint density at radius 1 is 0.682 bits per heavy atom. The molecule has 0 aliphatic rings. The van der Waals surface area contributed by atoms with Crippen molar-refractivity contribution in [3.63, 3.8) is 0 Å². The number of ether oxygens (including phenoxy) is 1. The van der Waals surface area contributed by atoms with E-state index < -0.39 is 52.9 Å². The van der Waals surface area contributed by atoms with Crippen LogP contribution in [0, 0.1) is 0 Å². The number of unbranched alkanes of at least 4 members (excludes halogenated alkanes) is 14. The molecule has 0 saturated carbocycles. The van der Waals surface area contributed by atoms with E-state index in [1.807, 2.05) is 0 Å². The fourth-order valence-corrected chi connectivity index (χ4v) is 9.17. The topological polar surface area (TPSA) is 236 Å². The van der Waals surface area contributed by atoms with Gasteiger partial charge in [0.05, 0.1) is 45.2 Å². The number of hydrogen-bond acceptors (Lipinski definition) is 13. The Morgan fingerprint density at radius 3 is 1.83 bits per heavy atom. The number of nitrogens with zero attached hydrogens (tertiary/aromatic N) is 2. The van der Waals surface area contributed by atoms with Gasteiger partial charge in [-0.15, -0.1) is 0 Å². The molecule has 0 bridgehead atoms. The number of sulfone groups is 1. The molecule has 0 aromatic heterocycles. The van der Waals surface area contributed by atoms with E-state index in [1.54, 1.807) is 50.2 Å². The van der Waals surface area contributed by atoms with Gasteiger partial charge in [-0.25, -0.2) is 8.42 Å². The van der Waals surface area contributed by atoms with Crippen LogP contribution in [0.3, 0.4) is 0 Å². The third-order valence-corrected chi connectivity index (χ3v) is 13.3. The minimum absolute atomic E-state index is 0. The smallest absolute Gasteiger partial charge is 0.545 e. The van der Waals surface area contributed by atoms with Crippen LogP contribution in [0.25, 0.3) is 0 Å². The molecule has 0 unspecified atom stereocenters. The van der Waals surface area contributed by atoms with Crippen LogP contribution in [-0.4, -0.2) is 56.4 Å². The molecule has 0 saturated heterocycles. The Labute approximate surface area is 411 Å². The Balaban J connectivity index is 0.0000116. The number of hydrogen-bond donors (Lipinski definition) is 5. The van der Waals surface area contributed by atoms with Crippen LogP contribution >= 0.6 is 0 Å². The van der Waals surface area contributed by atoms with Gasteiger partial charge in [0.15, 0.2) is 0 Å². The summed E-state index contributed by atoms with van der Waals surface area (Å²) in [6, 6.07) is 19.3. The number of aromatic carboxylic acids is 1. The van der Waals surface area contributed by atoms with Gasteiger partial charge in [-0.1, -0.05) is 115 Å². The van der Waals surface area contributed by atoms with Crippen LogP contribution < -0.4 is 55.6 Å². The predicted molar refractivity (Wildman–Crippen MR) is 253 cm³/mol. The first-order valence-electron chi connectivity index (χ1n) is 22.3. The molecule has 4 aromatic rings. The van der Waals surface area contributed by atoms with E-state index in [0.717, 1.165) is 50.3 Å². The number of carboxylic acid groups (broad SMARTS) is 1. The Morgan fingerprint density at radius 2 is 1.26 bits per heavy atom. The van der Waals surface area contributed by atoms with Crippen LogP contribution in [-0.2, 0) is 20.0 Å². The summed E-state index contributed by atoms with van der Waals surface area (Å²) >= 11 is 0. The minimum atomic E-state index is -4.64. The van der Waals surface area contributed by atoms with E-state index in [0.29, 0.717) is 23.4 Å². The van der Waals surface area contributed by atoms with Gasteiger partial charge in [0.2, 0.25) is 9.84 Å². The van der Waals surface area contributed by atoms with E-state index in [2.05, 4.69) is 33.3 Å². The maximum Gasteiger partial charge on any atom is 1.00 e. The Bertz CT molecular complexity index is 2480. The number of aromatic hydroxyl groups is 1. The molecule has 0 radical (unpaired) electrons. The van der Waals surface area contributed by atoms with Crippen LogP contribution in [0.4, 0.5) is 17.1 Å². The average Bonchev–Trinajstić information content (AvgIpc) is 3.28. The van der Waals surface area contributed by atoms with Gasteiger partial charge in [-0.2, -0.15) is 18.6 Å². The summed E-state index contributed by atoms with van der Waals surface area (Å²) in [6.45, 7) is 5.75. The maximum absolute atomic E-state index is 14.2. The second kappa shape index (κ2) is 28.4. The molecule has 4 rings (SSSR count). The molecule has 0 spiro atoms. The Kier molecular flexibility index (Phi) is 23.9. The van der Waals surface area contributed by atoms with Gasteiger partial charge in [0.25, 0.3) is 16.0 Å². The third-order valence-electron chi connectivity index (χ3n) is 10.7. The predicted octanol–water partition coefficient (Wildman–Crippen LogP) is 7.01. The van der Waals surface area contributed by atoms with Gasteiger partial charge in [-0.05, 0) is 93.4 Å². The summed E-state index contributed by atoms with van der Waals surface area (Å²) in [5.74, 6) is -2.99. The fraction of sp³-hybridized carbons (Fsp3) is 0.417. The van der Waals surface area contributed by atoms with Crippen LogP contribution in [0.15, 0.2) is 110 Å². The molecule has 352 valence electrons. The minimum Gasteiger partial charge on any atom is -0.545 e. The van der Waals surface area contributed by atoms with Gasteiger partial charge >= 0.3 is 29.6 Å². The summed E-state index contributed by atoms with van der Waals surface area (Å²) in [7, 11) is -9.19. The van der Waals surface area contributed by atoms with Crippen molar-refractivity contribution < 1.29 is 75.5 Å². The molecular formula is C48H62N5NaO10S2. The molecule has 18 heteroatoms. The summed E-state index contributed by atoms with van der Waals surface area (Å²) in [6.07, 6.45) is 18.3. The summed E-state index contributed by atoms with van der Waals surface area (Å²) in [4.78, 5) is 23.5. The molecule has 0 aliphatic carbocycles. The molecule has 0 fully saturated rings. The number of rotatable bonds is 29. The van der Waals surface area contributed by atoms with Crippen LogP contribution in [0.1, 0.15) is 144 Å². The van der Waals surface area contributed by atoms with Gasteiger partial charge in [-0.3, -0.25) is 20.2 Å². The van der Waals surface area contributed by atoms with Crippen LogP contribution in [0.2, 0.25) is 0 Å². The van der Waals surface area contributed by atoms with E-state index in [1.165, 1.54) is 94.5 Å². The first-order valence-corrected chi connectivity index (χ1v) is 25.3.